The molecule has 2 heterocycles. The van der Waals surface area contributed by atoms with Crippen LogP contribution in [0.1, 0.15) is 18.5 Å². The molecule has 106 valence electrons. The molecule has 21 heavy (non-hydrogen) atoms. The normalized spacial score (nSPS) is 12.5. The summed E-state index contributed by atoms with van der Waals surface area (Å²) >= 11 is 6.07. The van der Waals surface area contributed by atoms with Gasteiger partial charge in [-0.25, -0.2) is 4.98 Å². The average Bonchev–Trinajstić information content (AvgIpc) is 2.49. The van der Waals surface area contributed by atoms with Crippen LogP contribution in [0.4, 0.5) is 0 Å². The molecule has 1 unspecified atom stereocenters. The van der Waals surface area contributed by atoms with E-state index in [1.54, 1.807) is 35.3 Å². The number of para-hydroxylation sites is 1. The van der Waals surface area contributed by atoms with Crippen molar-refractivity contribution in [1.29, 1.82) is 0 Å². The van der Waals surface area contributed by atoms with Crippen LogP contribution in [0.15, 0.2) is 53.8 Å². The molecule has 1 aromatic carbocycles. The lowest BCUT2D eigenvalue weighted by atomic mass is 10.1. The van der Waals surface area contributed by atoms with Gasteiger partial charge in [-0.1, -0.05) is 23.7 Å². The number of aromatic nitrogens is 3. The second-order valence-electron chi connectivity index (χ2n) is 5.01. The summed E-state index contributed by atoms with van der Waals surface area (Å²) in [5, 5.41) is 1.04. The monoisotopic (exact) mass is 299 g/mol. The summed E-state index contributed by atoms with van der Waals surface area (Å²) in [6.07, 6.45) is 5.84. The van der Waals surface area contributed by atoms with E-state index in [0.29, 0.717) is 15.9 Å². The number of hydrogen-bond donors (Lipinski definition) is 0. The molecule has 3 aromatic rings. The van der Waals surface area contributed by atoms with E-state index in [9.17, 15) is 4.79 Å². The Bertz CT molecular complexity index is 830. The fourth-order valence-corrected chi connectivity index (χ4v) is 2.63. The Morgan fingerprint density at radius 3 is 2.90 bits per heavy atom. The Labute approximate surface area is 127 Å². The molecular formula is C16H14ClN3O. The van der Waals surface area contributed by atoms with Crippen LogP contribution in [-0.2, 0) is 6.42 Å². The number of hydrogen-bond acceptors (Lipinski definition) is 3. The minimum absolute atomic E-state index is 0.00224. The summed E-state index contributed by atoms with van der Waals surface area (Å²) in [7, 11) is 0. The highest BCUT2D eigenvalue weighted by atomic mass is 35.5. The van der Waals surface area contributed by atoms with Crippen molar-refractivity contribution in [2.75, 3.05) is 0 Å². The highest BCUT2D eigenvalue weighted by molar-refractivity contribution is 6.34. The summed E-state index contributed by atoms with van der Waals surface area (Å²) in [5.41, 5.74) is 1.57. The van der Waals surface area contributed by atoms with E-state index in [1.807, 2.05) is 25.3 Å². The van der Waals surface area contributed by atoms with Gasteiger partial charge in [-0.15, -0.1) is 0 Å². The average molecular weight is 300 g/mol. The van der Waals surface area contributed by atoms with Crippen molar-refractivity contribution in [2.24, 2.45) is 0 Å². The first-order valence-electron chi connectivity index (χ1n) is 6.71. The van der Waals surface area contributed by atoms with E-state index in [-0.39, 0.29) is 11.6 Å². The van der Waals surface area contributed by atoms with E-state index < -0.39 is 0 Å². The lowest BCUT2D eigenvalue weighted by Crippen LogP contribution is -2.25. The van der Waals surface area contributed by atoms with Gasteiger partial charge < -0.3 is 0 Å². The van der Waals surface area contributed by atoms with Gasteiger partial charge in [-0.05, 0) is 37.1 Å². The molecule has 0 aliphatic rings. The van der Waals surface area contributed by atoms with Crippen LogP contribution < -0.4 is 5.56 Å². The maximum atomic E-state index is 12.6. The largest absolute Gasteiger partial charge is 0.296 e. The zero-order chi connectivity index (χ0) is 14.8. The first kappa shape index (κ1) is 13.8. The van der Waals surface area contributed by atoms with Crippen molar-refractivity contribution in [3.8, 4) is 0 Å². The number of halogens is 1. The second-order valence-corrected chi connectivity index (χ2v) is 5.41. The van der Waals surface area contributed by atoms with E-state index in [1.165, 1.54) is 0 Å². The zero-order valence-electron chi connectivity index (χ0n) is 11.5. The third kappa shape index (κ3) is 2.67. The highest BCUT2D eigenvalue weighted by Gasteiger charge is 2.12. The number of rotatable bonds is 3. The summed E-state index contributed by atoms with van der Waals surface area (Å²) in [6, 6.07) is 9.15. The third-order valence-corrected chi connectivity index (χ3v) is 3.80. The highest BCUT2D eigenvalue weighted by Crippen LogP contribution is 2.19. The summed E-state index contributed by atoms with van der Waals surface area (Å²) < 4.78 is 1.64. The maximum absolute atomic E-state index is 12.6. The van der Waals surface area contributed by atoms with Crippen molar-refractivity contribution in [1.82, 2.24) is 14.5 Å². The van der Waals surface area contributed by atoms with Crippen LogP contribution in [0.5, 0.6) is 0 Å². The Hall–Kier alpha value is -2.20. The molecule has 2 aromatic heterocycles. The van der Waals surface area contributed by atoms with Crippen LogP contribution in [0.25, 0.3) is 10.9 Å². The molecule has 0 spiro atoms. The smallest absolute Gasteiger partial charge is 0.261 e. The number of pyridine rings is 1. The molecule has 0 bridgehead atoms. The van der Waals surface area contributed by atoms with Crippen LogP contribution in [0.2, 0.25) is 5.02 Å². The Morgan fingerprint density at radius 1 is 1.29 bits per heavy atom. The lowest BCUT2D eigenvalue weighted by molar-refractivity contribution is 0.522. The SMILES string of the molecule is CC(Cc1cccnc1)n1cnc2c(Cl)cccc2c1=O. The van der Waals surface area contributed by atoms with Crippen LogP contribution >= 0.6 is 11.6 Å². The molecule has 4 nitrogen and oxygen atoms in total. The molecule has 3 rings (SSSR count). The standard InChI is InChI=1S/C16H14ClN3O/c1-11(8-12-4-3-7-18-9-12)20-10-19-15-13(16(20)21)5-2-6-14(15)17/h2-7,9-11H,8H2,1H3. The summed E-state index contributed by atoms with van der Waals surface area (Å²) in [6.45, 7) is 1.99. The van der Waals surface area contributed by atoms with Crippen LogP contribution in [-0.4, -0.2) is 14.5 Å². The molecule has 0 aliphatic carbocycles. The molecule has 0 saturated heterocycles. The van der Waals surface area contributed by atoms with Crippen molar-refractivity contribution >= 4 is 22.5 Å². The minimum Gasteiger partial charge on any atom is -0.296 e. The van der Waals surface area contributed by atoms with Gasteiger partial charge in [-0.2, -0.15) is 0 Å². The Kier molecular flexibility index (Phi) is 3.71. The summed E-state index contributed by atoms with van der Waals surface area (Å²) in [5.74, 6) is 0. The van der Waals surface area contributed by atoms with E-state index in [0.717, 1.165) is 12.0 Å². The third-order valence-electron chi connectivity index (χ3n) is 3.49. The first-order chi connectivity index (χ1) is 10.2. The Morgan fingerprint density at radius 2 is 2.14 bits per heavy atom. The van der Waals surface area contributed by atoms with Gasteiger partial charge in [0.25, 0.3) is 5.56 Å². The van der Waals surface area contributed by atoms with Gasteiger partial charge in [0.2, 0.25) is 0 Å². The van der Waals surface area contributed by atoms with Gasteiger partial charge in [-0.3, -0.25) is 14.3 Å². The topological polar surface area (TPSA) is 47.8 Å². The van der Waals surface area contributed by atoms with Gasteiger partial charge in [0.15, 0.2) is 0 Å². The summed E-state index contributed by atoms with van der Waals surface area (Å²) in [4.78, 5) is 21.0. The predicted octanol–water partition coefficient (Wildman–Crippen LogP) is 3.25. The van der Waals surface area contributed by atoms with Gasteiger partial charge in [0, 0.05) is 18.4 Å². The van der Waals surface area contributed by atoms with Gasteiger partial charge in [0.05, 0.1) is 22.3 Å². The van der Waals surface area contributed by atoms with Crippen LogP contribution in [0.3, 0.4) is 0 Å². The van der Waals surface area contributed by atoms with E-state index in [4.69, 9.17) is 11.6 Å². The number of nitrogens with zero attached hydrogens (tertiary/aromatic N) is 3. The fourth-order valence-electron chi connectivity index (χ4n) is 2.40. The lowest BCUT2D eigenvalue weighted by Gasteiger charge is -2.15. The van der Waals surface area contributed by atoms with Crippen molar-refractivity contribution in [3.05, 3.63) is 70.0 Å². The first-order valence-corrected chi connectivity index (χ1v) is 7.09. The molecule has 0 aliphatic heterocycles. The van der Waals surface area contributed by atoms with Crippen LogP contribution in [0, 0.1) is 0 Å². The molecule has 0 fully saturated rings. The zero-order valence-corrected chi connectivity index (χ0v) is 12.3. The van der Waals surface area contributed by atoms with Crippen molar-refractivity contribution in [2.45, 2.75) is 19.4 Å². The molecule has 0 radical (unpaired) electrons. The van der Waals surface area contributed by atoms with Crippen molar-refractivity contribution < 1.29 is 0 Å². The molecule has 0 amide bonds. The van der Waals surface area contributed by atoms with Gasteiger partial charge >= 0.3 is 0 Å². The predicted molar refractivity (Wildman–Crippen MR) is 83.7 cm³/mol. The molecular weight excluding hydrogens is 286 g/mol. The second kappa shape index (κ2) is 5.66. The molecule has 5 heteroatoms. The maximum Gasteiger partial charge on any atom is 0.261 e. The minimum atomic E-state index is -0.0705. The fraction of sp³-hybridized carbons (Fsp3) is 0.188. The molecule has 0 N–H and O–H groups in total. The van der Waals surface area contributed by atoms with Gasteiger partial charge in [0.1, 0.15) is 0 Å². The Balaban J connectivity index is 2.01. The molecule has 0 saturated carbocycles. The number of fused-ring (bicyclic) bond motifs is 1. The quantitative estimate of drug-likeness (QED) is 0.746. The van der Waals surface area contributed by atoms with Crippen molar-refractivity contribution in [3.63, 3.8) is 0 Å². The van der Waals surface area contributed by atoms with E-state index in [2.05, 4.69) is 9.97 Å². The van der Waals surface area contributed by atoms with E-state index >= 15 is 0 Å². The molecule has 1 atom stereocenters. The number of benzene rings is 1.